The number of aryl methyl sites for hydroxylation is 1. The minimum atomic E-state index is 0.517. The second kappa shape index (κ2) is 5.10. The van der Waals surface area contributed by atoms with Crippen LogP contribution in [0.4, 0.5) is 5.69 Å². The number of rotatable bonds is 4. The molecule has 0 bridgehead atoms. The molecule has 90 valence electrons. The van der Waals surface area contributed by atoms with Gasteiger partial charge in [-0.2, -0.15) is 5.10 Å². The van der Waals surface area contributed by atoms with Crippen LogP contribution in [0, 0.1) is 0 Å². The molecule has 0 aliphatic rings. The van der Waals surface area contributed by atoms with E-state index in [2.05, 4.69) is 5.10 Å². The monoisotopic (exact) mass is 251 g/mol. The molecular formula is C12H14ClN3O. The van der Waals surface area contributed by atoms with Crippen LogP contribution in [0.25, 0.3) is 0 Å². The normalized spacial score (nSPS) is 10.5. The summed E-state index contributed by atoms with van der Waals surface area (Å²) in [6.45, 7) is 0.589. The minimum absolute atomic E-state index is 0.517. The summed E-state index contributed by atoms with van der Waals surface area (Å²) in [6.07, 6.45) is 4.62. The lowest BCUT2D eigenvalue weighted by molar-refractivity contribution is 0.322. The van der Waals surface area contributed by atoms with E-state index in [9.17, 15) is 0 Å². The van der Waals surface area contributed by atoms with E-state index in [1.807, 2.05) is 25.5 Å². The van der Waals surface area contributed by atoms with Crippen molar-refractivity contribution in [1.82, 2.24) is 9.78 Å². The highest BCUT2D eigenvalue weighted by Gasteiger charge is 2.00. The van der Waals surface area contributed by atoms with Gasteiger partial charge in [0.1, 0.15) is 5.75 Å². The van der Waals surface area contributed by atoms with Crippen LogP contribution < -0.4 is 10.5 Å². The van der Waals surface area contributed by atoms with Gasteiger partial charge in [-0.1, -0.05) is 11.6 Å². The Morgan fingerprint density at radius 1 is 1.47 bits per heavy atom. The first-order chi connectivity index (χ1) is 8.15. The van der Waals surface area contributed by atoms with Crippen molar-refractivity contribution in [3.05, 3.63) is 41.2 Å². The number of hydrogen-bond donors (Lipinski definition) is 1. The lowest BCUT2D eigenvalue weighted by atomic mass is 10.3. The van der Waals surface area contributed by atoms with E-state index < -0.39 is 0 Å². The van der Waals surface area contributed by atoms with Crippen molar-refractivity contribution in [1.29, 1.82) is 0 Å². The molecule has 4 nitrogen and oxygen atoms in total. The van der Waals surface area contributed by atoms with Gasteiger partial charge in [-0.3, -0.25) is 4.68 Å². The smallest absolute Gasteiger partial charge is 0.120 e. The molecule has 0 aliphatic carbocycles. The van der Waals surface area contributed by atoms with E-state index in [1.165, 1.54) is 0 Å². The third-order valence-corrected chi connectivity index (χ3v) is 2.72. The lowest BCUT2D eigenvalue weighted by Crippen LogP contribution is -2.01. The molecule has 1 aromatic heterocycles. The Kier molecular flexibility index (Phi) is 3.54. The fourth-order valence-electron chi connectivity index (χ4n) is 1.49. The van der Waals surface area contributed by atoms with E-state index in [0.29, 0.717) is 17.3 Å². The summed E-state index contributed by atoms with van der Waals surface area (Å²) in [7, 11) is 1.89. The maximum atomic E-state index is 5.89. The maximum absolute atomic E-state index is 5.89. The molecule has 0 atom stereocenters. The second-order valence-corrected chi connectivity index (χ2v) is 4.21. The molecule has 0 saturated heterocycles. The summed E-state index contributed by atoms with van der Waals surface area (Å²) in [6, 6.07) is 5.27. The zero-order valence-electron chi connectivity index (χ0n) is 9.56. The van der Waals surface area contributed by atoms with E-state index in [-0.39, 0.29) is 0 Å². The minimum Gasteiger partial charge on any atom is -0.493 e. The number of anilines is 1. The molecule has 0 spiro atoms. The van der Waals surface area contributed by atoms with Gasteiger partial charge in [0.2, 0.25) is 0 Å². The molecule has 0 aliphatic heterocycles. The third-order valence-electron chi connectivity index (χ3n) is 2.39. The van der Waals surface area contributed by atoms with E-state index in [4.69, 9.17) is 22.1 Å². The average Bonchev–Trinajstić information content (AvgIpc) is 2.70. The number of nitrogens with zero attached hydrogens (tertiary/aromatic N) is 2. The van der Waals surface area contributed by atoms with Gasteiger partial charge in [-0.15, -0.1) is 0 Å². The molecule has 0 unspecified atom stereocenters. The molecule has 1 heterocycles. The lowest BCUT2D eigenvalue weighted by Gasteiger charge is -2.06. The van der Waals surface area contributed by atoms with E-state index in [0.717, 1.165) is 17.7 Å². The summed E-state index contributed by atoms with van der Waals surface area (Å²) < 4.78 is 7.35. The predicted octanol–water partition coefficient (Wildman–Crippen LogP) is 2.28. The molecule has 0 saturated carbocycles. The Hall–Kier alpha value is -1.68. The zero-order valence-corrected chi connectivity index (χ0v) is 10.3. The topological polar surface area (TPSA) is 53.1 Å². The number of nitrogens with two attached hydrogens (primary N) is 1. The largest absolute Gasteiger partial charge is 0.493 e. The highest BCUT2D eigenvalue weighted by atomic mass is 35.5. The highest BCUT2D eigenvalue weighted by Crippen LogP contribution is 2.24. The number of benzene rings is 1. The highest BCUT2D eigenvalue weighted by molar-refractivity contribution is 6.33. The number of hydrogen-bond acceptors (Lipinski definition) is 3. The Labute approximate surface area is 105 Å². The molecular weight excluding hydrogens is 238 g/mol. The van der Waals surface area contributed by atoms with Gasteiger partial charge in [0, 0.05) is 25.7 Å². The van der Waals surface area contributed by atoms with Gasteiger partial charge < -0.3 is 10.5 Å². The molecule has 2 N–H and O–H groups in total. The quantitative estimate of drug-likeness (QED) is 0.849. The van der Waals surface area contributed by atoms with Gasteiger partial charge >= 0.3 is 0 Å². The van der Waals surface area contributed by atoms with E-state index >= 15 is 0 Å². The van der Waals surface area contributed by atoms with Crippen molar-refractivity contribution in [2.75, 3.05) is 12.3 Å². The molecule has 0 fully saturated rings. The van der Waals surface area contributed by atoms with Crippen LogP contribution in [0.2, 0.25) is 5.02 Å². The molecule has 2 aromatic rings. The maximum Gasteiger partial charge on any atom is 0.120 e. The van der Waals surface area contributed by atoms with E-state index in [1.54, 1.807) is 16.8 Å². The summed E-state index contributed by atoms with van der Waals surface area (Å²) in [5.74, 6) is 0.730. The molecule has 0 amide bonds. The molecule has 5 heteroatoms. The van der Waals surface area contributed by atoms with Crippen molar-refractivity contribution < 1.29 is 4.74 Å². The van der Waals surface area contributed by atoms with Gasteiger partial charge in [-0.05, 0) is 17.7 Å². The first-order valence-electron chi connectivity index (χ1n) is 5.30. The molecule has 17 heavy (non-hydrogen) atoms. The summed E-state index contributed by atoms with van der Waals surface area (Å²) >= 11 is 5.89. The summed E-state index contributed by atoms with van der Waals surface area (Å²) in [5.41, 5.74) is 7.32. The van der Waals surface area contributed by atoms with Crippen LogP contribution in [0.5, 0.6) is 5.75 Å². The summed E-state index contributed by atoms with van der Waals surface area (Å²) in [5, 5.41) is 4.61. The first-order valence-corrected chi connectivity index (χ1v) is 5.68. The van der Waals surface area contributed by atoms with Crippen LogP contribution in [0.3, 0.4) is 0 Å². The summed E-state index contributed by atoms with van der Waals surface area (Å²) in [4.78, 5) is 0. The van der Waals surface area contributed by atoms with Gasteiger partial charge in [0.25, 0.3) is 0 Å². The number of halogens is 1. The Morgan fingerprint density at radius 3 is 2.94 bits per heavy atom. The van der Waals surface area contributed by atoms with Gasteiger partial charge in [0.05, 0.1) is 23.5 Å². The van der Waals surface area contributed by atoms with Crippen molar-refractivity contribution in [2.45, 2.75) is 6.42 Å². The number of nitrogen functional groups attached to an aromatic ring is 1. The molecule has 1 aromatic carbocycles. The van der Waals surface area contributed by atoms with Crippen LogP contribution in [-0.4, -0.2) is 16.4 Å². The number of ether oxygens (including phenoxy) is 1. The van der Waals surface area contributed by atoms with Gasteiger partial charge in [-0.25, -0.2) is 0 Å². The Morgan fingerprint density at radius 2 is 2.29 bits per heavy atom. The third kappa shape index (κ3) is 3.14. The van der Waals surface area contributed by atoms with Crippen LogP contribution >= 0.6 is 11.6 Å². The Bertz CT molecular complexity index is 510. The van der Waals surface area contributed by atoms with Crippen LogP contribution in [0.1, 0.15) is 5.56 Å². The molecule has 0 radical (unpaired) electrons. The SMILES string of the molecule is Cn1cc(CCOc2ccc(N)c(Cl)c2)cn1. The van der Waals surface area contributed by atoms with Crippen molar-refractivity contribution in [3.63, 3.8) is 0 Å². The van der Waals surface area contributed by atoms with Gasteiger partial charge in [0.15, 0.2) is 0 Å². The standard InChI is InChI=1S/C12H14ClN3O/c1-16-8-9(7-15-16)4-5-17-10-2-3-12(14)11(13)6-10/h2-3,6-8H,4-5,14H2,1H3. The van der Waals surface area contributed by atoms with Crippen molar-refractivity contribution in [3.8, 4) is 5.75 Å². The molecule has 2 rings (SSSR count). The fraction of sp³-hybridized carbons (Fsp3) is 0.250. The van der Waals surface area contributed by atoms with Crippen molar-refractivity contribution >= 4 is 17.3 Å². The first kappa shape index (κ1) is 11.8. The Balaban J connectivity index is 1.87. The number of aromatic nitrogens is 2. The zero-order chi connectivity index (χ0) is 12.3. The fourth-order valence-corrected chi connectivity index (χ4v) is 1.66. The van der Waals surface area contributed by atoms with Crippen LogP contribution in [-0.2, 0) is 13.5 Å². The van der Waals surface area contributed by atoms with Crippen LogP contribution in [0.15, 0.2) is 30.6 Å². The average molecular weight is 252 g/mol. The predicted molar refractivity (Wildman–Crippen MR) is 68.3 cm³/mol. The second-order valence-electron chi connectivity index (χ2n) is 3.80. The van der Waals surface area contributed by atoms with Crippen molar-refractivity contribution in [2.24, 2.45) is 7.05 Å².